The number of ketones is 1. The highest BCUT2D eigenvalue weighted by molar-refractivity contribution is 9.11. The highest BCUT2D eigenvalue weighted by Crippen LogP contribution is 2.55. The summed E-state index contributed by atoms with van der Waals surface area (Å²) in [5.74, 6) is 0.654. The Labute approximate surface area is 134 Å². The van der Waals surface area contributed by atoms with E-state index in [1.807, 2.05) is 41.5 Å². The SMILES string of the molecule is C[C@]12CCC/C(=C\Br)[C@@H]1CC(=O)/C2=C\Nc1ccccc1. The van der Waals surface area contributed by atoms with E-state index in [1.54, 1.807) is 0 Å². The number of hydrogen-bond donors (Lipinski definition) is 1. The lowest BCUT2D eigenvalue weighted by molar-refractivity contribution is -0.114. The maximum atomic E-state index is 12.5. The molecule has 0 saturated heterocycles. The van der Waals surface area contributed by atoms with Gasteiger partial charge in [-0.25, -0.2) is 0 Å². The largest absolute Gasteiger partial charge is 0.361 e. The molecule has 1 N–H and O–H groups in total. The Morgan fingerprint density at radius 2 is 2.10 bits per heavy atom. The minimum atomic E-state index is -0.0171. The molecule has 0 heterocycles. The lowest BCUT2D eigenvalue weighted by Gasteiger charge is -2.38. The zero-order chi connectivity index (χ0) is 14.9. The fourth-order valence-electron chi connectivity index (χ4n) is 3.78. The van der Waals surface area contributed by atoms with Gasteiger partial charge in [-0.1, -0.05) is 46.6 Å². The zero-order valence-corrected chi connectivity index (χ0v) is 13.8. The number of Topliss-reactive ketones (excluding diaryl/α,β-unsaturated/α-hetero) is 1. The molecule has 3 heteroatoms. The molecule has 0 spiro atoms. The second-order valence-corrected chi connectivity index (χ2v) is 6.66. The molecule has 2 fully saturated rings. The molecule has 2 aliphatic rings. The molecule has 2 atom stereocenters. The van der Waals surface area contributed by atoms with Gasteiger partial charge in [0.25, 0.3) is 0 Å². The Hall–Kier alpha value is -1.35. The molecule has 0 aliphatic heterocycles. The van der Waals surface area contributed by atoms with Gasteiger partial charge in [0, 0.05) is 29.3 Å². The third-order valence-corrected chi connectivity index (χ3v) is 5.57. The van der Waals surface area contributed by atoms with Crippen LogP contribution in [0.1, 0.15) is 32.6 Å². The third-order valence-electron chi connectivity index (χ3n) is 4.98. The van der Waals surface area contributed by atoms with Gasteiger partial charge in [0.15, 0.2) is 5.78 Å². The molecule has 2 aliphatic carbocycles. The third kappa shape index (κ3) is 2.59. The number of allylic oxidation sites excluding steroid dienone is 2. The van der Waals surface area contributed by atoms with Gasteiger partial charge in [0.2, 0.25) is 0 Å². The van der Waals surface area contributed by atoms with E-state index >= 15 is 0 Å². The van der Waals surface area contributed by atoms with Crippen LogP contribution < -0.4 is 5.32 Å². The summed E-state index contributed by atoms with van der Waals surface area (Å²) in [4.78, 5) is 14.5. The van der Waals surface area contributed by atoms with Crippen molar-refractivity contribution in [3.8, 4) is 0 Å². The highest BCUT2D eigenvalue weighted by Gasteiger charge is 2.50. The Kier molecular flexibility index (Phi) is 4.03. The standard InChI is InChI=1S/C18H20BrNO/c1-18-9-5-6-13(11-19)15(18)10-17(21)16(18)12-20-14-7-3-2-4-8-14/h2-4,7-8,11-12,15,20H,5-6,9-10H2,1H3/b13-11+,16-12+/t15-,18-/m0/s1. The van der Waals surface area contributed by atoms with Crippen molar-refractivity contribution in [3.05, 3.63) is 52.7 Å². The van der Waals surface area contributed by atoms with Gasteiger partial charge in [0.05, 0.1) is 0 Å². The molecule has 3 rings (SSSR count). The van der Waals surface area contributed by atoms with Crippen LogP contribution >= 0.6 is 15.9 Å². The minimum Gasteiger partial charge on any atom is -0.361 e. The number of hydrogen-bond acceptors (Lipinski definition) is 2. The maximum absolute atomic E-state index is 12.5. The molecule has 0 unspecified atom stereocenters. The second kappa shape index (κ2) is 5.80. The van der Waals surface area contributed by atoms with Crippen LogP contribution in [0.3, 0.4) is 0 Å². The number of carbonyl (C=O) groups is 1. The molecule has 1 aromatic rings. The molecular formula is C18H20BrNO. The Morgan fingerprint density at radius 3 is 2.81 bits per heavy atom. The average Bonchev–Trinajstić information content (AvgIpc) is 2.76. The van der Waals surface area contributed by atoms with Crippen molar-refractivity contribution in [1.29, 1.82) is 0 Å². The van der Waals surface area contributed by atoms with E-state index in [0.29, 0.717) is 18.1 Å². The van der Waals surface area contributed by atoms with Gasteiger partial charge in [0.1, 0.15) is 0 Å². The smallest absolute Gasteiger partial charge is 0.161 e. The van der Waals surface area contributed by atoms with E-state index in [4.69, 9.17) is 0 Å². The molecule has 0 amide bonds. The summed E-state index contributed by atoms with van der Waals surface area (Å²) in [5.41, 5.74) is 3.36. The van der Waals surface area contributed by atoms with Crippen molar-refractivity contribution in [2.75, 3.05) is 5.32 Å². The minimum absolute atomic E-state index is 0.0171. The summed E-state index contributed by atoms with van der Waals surface area (Å²) in [6.07, 6.45) is 5.94. The molecule has 2 saturated carbocycles. The fourth-order valence-corrected chi connectivity index (χ4v) is 4.32. The van der Waals surface area contributed by atoms with Crippen molar-refractivity contribution in [1.82, 2.24) is 0 Å². The van der Waals surface area contributed by atoms with Crippen LogP contribution in [0.15, 0.2) is 52.7 Å². The van der Waals surface area contributed by atoms with E-state index in [-0.39, 0.29) is 5.41 Å². The summed E-state index contributed by atoms with van der Waals surface area (Å²) in [7, 11) is 0. The van der Waals surface area contributed by atoms with Gasteiger partial charge in [-0.2, -0.15) is 0 Å². The predicted molar refractivity (Wildman–Crippen MR) is 90.2 cm³/mol. The average molecular weight is 346 g/mol. The molecule has 1 aromatic carbocycles. The fraction of sp³-hybridized carbons (Fsp3) is 0.389. The quantitative estimate of drug-likeness (QED) is 0.760. The molecule has 0 radical (unpaired) electrons. The monoisotopic (exact) mass is 345 g/mol. The van der Waals surface area contributed by atoms with E-state index in [0.717, 1.165) is 30.5 Å². The van der Waals surface area contributed by atoms with E-state index < -0.39 is 0 Å². The number of benzene rings is 1. The summed E-state index contributed by atoms with van der Waals surface area (Å²) >= 11 is 3.48. The summed E-state index contributed by atoms with van der Waals surface area (Å²) < 4.78 is 0. The van der Waals surface area contributed by atoms with Crippen LogP contribution in [0.4, 0.5) is 5.69 Å². The van der Waals surface area contributed by atoms with Crippen LogP contribution in [0.2, 0.25) is 0 Å². The number of carbonyl (C=O) groups excluding carboxylic acids is 1. The van der Waals surface area contributed by atoms with Crippen molar-refractivity contribution in [3.63, 3.8) is 0 Å². The number of anilines is 1. The van der Waals surface area contributed by atoms with Crippen molar-refractivity contribution >= 4 is 27.4 Å². The molecular weight excluding hydrogens is 326 g/mol. The Bertz CT molecular complexity index is 605. The topological polar surface area (TPSA) is 29.1 Å². The Morgan fingerprint density at radius 1 is 1.33 bits per heavy atom. The molecule has 0 aromatic heterocycles. The van der Waals surface area contributed by atoms with Gasteiger partial charge in [-0.15, -0.1) is 0 Å². The van der Waals surface area contributed by atoms with Gasteiger partial charge in [-0.05, 0) is 42.3 Å². The normalized spacial score (nSPS) is 32.5. The number of para-hydroxylation sites is 1. The molecule has 2 nitrogen and oxygen atoms in total. The molecule has 110 valence electrons. The highest BCUT2D eigenvalue weighted by atomic mass is 79.9. The summed E-state index contributed by atoms with van der Waals surface area (Å²) in [6.45, 7) is 2.25. The lowest BCUT2D eigenvalue weighted by atomic mass is 9.66. The lowest BCUT2D eigenvalue weighted by Crippen LogP contribution is -2.29. The van der Waals surface area contributed by atoms with Crippen LogP contribution in [0.25, 0.3) is 0 Å². The first-order valence-electron chi connectivity index (χ1n) is 7.50. The van der Waals surface area contributed by atoms with Crippen LogP contribution in [0, 0.1) is 11.3 Å². The Balaban J connectivity index is 1.90. The van der Waals surface area contributed by atoms with E-state index in [2.05, 4.69) is 28.2 Å². The molecule has 0 bridgehead atoms. The number of halogens is 1. The molecule has 21 heavy (non-hydrogen) atoms. The number of nitrogens with one attached hydrogen (secondary N) is 1. The van der Waals surface area contributed by atoms with Crippen LogP contribution in [0.5, 0.6) is 0 Å². The first-order valence-corrected chi connectivity index (χ1v) is 8.41. The summed E-state index contributed by atoms with van der Waals surface area (Å²) in [6, 6.07) is 10.0. The van der Waals surface area contributed by atoms with Crippen molar-refractivity contribution in [2.45, 2.75) is 32.6 Å². The first kappa shape index (κ1) is 14.6. The number of fused-ring (bicyclic) bond motifs is 1. The number of rotatable bonds is 2. The second-order valence-electron chi connectivity index (χ2n) is 6.20. The maximum Gasteiger partial charge on any atom is 0.161 e. The van der Waals surface area contributed by atoms with Crippen molar-refractivity contribution in [2.24, 2.45) is 11.3 Å². The van der Waals surface area contributed by atoms with Crippen LogP contribution in [-0.4, -0.2) is 5.78 Å². The first-order chi connectivity index (χ1) is 10.1. The van der Waals surface area contributed by atoms with E-state index in [9.17, 15) is 4.79 Å². The van der Waals surface area contributed by atoms with Gasteiger partial charge >= 0.3 is 0 Å². The predicted octanol–water partition coefficient (Wildman–Crippen LogP) is 5.04. The van der Waals surface area contributed by atoms with Crippen LogP contribution in [-0.2, 0) is 4.79 Å². The van der Waals surface area contributed by atoms with Gasteiger partial charge in [-0.3, -0.25) is 4.79 Å². The van der Waals surface area contributed by atoms with Crippen molar-refractivity contribution < 1.29 is 4.79 Å². The van der Waals surface area contributed by atoms with E-state index in [1.165, 1.54) is 5.57 Å². The van der Waals surface area contributed by atoms with Gasteiger partial charge < -0.3 is 5.32 Å². The summed E-state index contributed by atoms with van der Waals surface area (Å²) in [5, 5.41) is 3.29. The zero-order valence-electron chi connectivity index (χ0n) is 12.2.